The van der Waals surface area contributed by atoms with Gasteiger partial charge in [-0.15, -0.1) is 0 Å². The lowest BCUT2D eigenvalue weighted by Gasteiger charge is -2.27. The van der Waals surface area contributed by atoms with Crippen LogP contribution >= 0.6 is 0 Å². The molecular weight excluding hydrogens is 222 g/mol. The molecule has 1 aromatic heterocycles. The molecule has 0 amide bonds. The van der Waals surface area contributed by atoms with Crippen LogP contribution < -0.4 is 5.32 Å². The predicted octanol–water partition coefficient (Wildman–Crippen LogP) is 3.42. The predicted molar refractivity (Wildman–Crippen MR) is 77.9 cm³/mol. The standard InChI is InChI=1S/C15H29N3/c1-7-16-13(4)10-15(5,6)11-14-8-9-18(17-14)12(2)3/h8-9,12-13,16H,7,10-11H2,1-6H3. The lowest BCUT2D eigenvalue weighted by Crippen LogP contribution is -2.32. The van der Waals surface area contributed by atoms with Crippen LogP contribution in [0.3, 0.4) is 0 Å². The van der Waals surface area contributed by atoms with Gasteiger partial charge in [-0.3, -0.25) is 4.68 Å². The van der Waals surface area contributed by atoms with Gasteiger partial charge in [-0.2, -0.15) is 5.10 Å². The van der Waals surface area contributed by atoms with Crippen molar-refractivity contribution in [2.75, 3.05) is 6.54 Å². The Bertz CT molecular complexity index is 352. The normalized spacial score (nSPS) is 14.2. The maximum Gasteiger partial charge on any atom is 0.0630 e. The van der Waals surface area contributed by atoms with Crippen molar-refractivity contribution < 1.29 is 0 Å². The Hall–Kier alpha value is -0.830. The molecular formula is C15H29N3. The van der Waals surface area contributed by atoms with E-state index >= 15 is 0 Å². The molecule has 18 heavy (non-hydrogen) atoms. The van der Waals surface area contributed by atoms with Crippen LogP contribution in [0.4, 0.5) is 0 Å². The first-order valence-electron chi connectivity index (χ1n) is 7.11. The first-order valence-corrected chi connectivity index (χ1v) is 7.11. The Morgan fingerprint density at radius 3 is 2.50 bits per heavy atom. The molecule has 0 spiro atoms. The van der Waals surface area contributed by atoms with E-state index in [0.717, 1.165) is 13.0 Å². The Morgan fingerprint density at radius 2 is 2.00 bits per heavy atom. The number of nitrogens with one attached hydrogen (secondary N) is 1. The summed E-state index contributed by atoms with van der Waals surface area (Å²) >= 11 is 0. The fraction of sp³-hybridized carbons (Fsp3) is 0.800. The highest BCUT2D eigenvalue weighted by Crippen LogP contribution is 2.27. The minimum absolute atomic E-state index is 0.289. The van der Waals surface area contributed by atoms with E-state index < -0.39 is 0 Å². The van der Waals surface area contributed by atoms with Crippen molar-refractivity contribution in [3.63, 3.8) is 0 Å². The molecule has 3 heteroatoms. The van der Waals surface area contributed by atoms with Crippen LogP contribution in [0.25, 0.3) is 0 Å². The van der Waals surface area contributed by atoms with Crippen LogP contribution in [0.5, 0.6) is 0 Å². The summed E-state index contributed by atoms with van der Waals surface area (Å²) < 4.78 is 2.04. The van der Waals surface area contributed by atoms with Crippen molar-refractivity contribution in [2.24, 2.45) is 5.41 Å². The molecule has 0 saturated heterocycles. The summed E-state index contributed by atoms with van der Waals surface area (Å²) in [5.41, 5.74) is 1.50. The zero-order chi connectivity index (χ0) is 13.8. The smallest absolute Gasteiger partial charge is 0.0630 e. The molecule has 1 N–H and O–H groups in total. The minimum Gasteiger partial charge on any atom is -0.315 e. The fourth-order valence-corrected chi connectivity index (χ4v) is 2.57. The van der Waals surface area contributed by atoms with Crippen molar-refractivity contribution in [2.45, 2.75) is 66.5 Å². The number of hydrogen-bond acceptors (Lipinski definition) is 2. The average molecular weight is 251 g/mol. The molecule has 0 saturated carbocycles. The summed E-state index contributed by atoms with van der Waals surface area (Å²) in [5, 5.41) is 8.13. The molecule has 3 nitrogen and oxygen atoms in total. The second-order valence-corrected chi connectivity index (χ2v) is 6.38. The zero-order valence-corrected chi connectivity index (χ0v) is 12.8. The summed E-state index contributed by atoms with van der Waals surface area (Å²) in [5.74, 6) is 0. The lowest BCUT2D eigenvalue weighted by atomic mass is 9.82. The van der Waals surface area contributed by atoms with Crippen LogP contribution in [0.1, 0.15) is 59.7 Å². The first-order chi connectivity index (χ1) is 8.34. The van der Waals surface area contributed by atoms with Gasteiger partial charge in [0.25, 0.3) is 0 Å². The van der Waals surface area contributed by atoms with Crippen LogP contribution in [0.15, 0.2) is 12.3 Å². The van der Waals surface area contributed by atoms with E-state index in [9.17, 15) is 0 Å². The molecule has 104 valence electrons. The molecule has 0 aliphatic heterocycles. The quantitative estimate of drug-likeness (QED) is 0.804. The van der Waals surface area contributed by atoms with E-state index in [1.54, 1.807) is 0 Å². The average Bonchev–Trinajstić information content (AvgIpc) is 2.64. The minimum atomic E-state index is 0.289. The Labute approximate surface area is 112 Å². The number of hydrogen-bond donors (Lipinski definition) is 1. The van der Waals surface area contributed by atoms with Gasteiger partial charge in [0.05, 0.1) is 5.69 Å². The van der Waals surface area contributed by atoms with Gasteiger partial charge < -0.3 is 5.32 Å². The van der Waals surface area contributed by atoms with Gasteiger partial charge in [-0.25, -0.2) is 0 Å². The lowest BCUT2D eigenvalue weighted by molar-refractivity contribution is 0.285. The van der Waals surface area contributed by atoms with Crippen molar-refractivity contribution in [1.29, 1.82) is 0 Å². The topological polar surface area (TPSA) is 29.9 Å². The van der Waals surface area contributed by atoms with Gasteiger partial charge in [0, 0.05) is 18.3 Å². The maximum atomic E-state index is 4.64. The van der Waals surface area contributed by atoms with Crippen molar-refractivity contribution in [3.05, 3.63) is 18.0 Å². The van der Waals surface area contributed by atoms with E-state index in [4.69, 9.17) is 0 Å². The molecule has 1 rings (SSSR count). The fourth-order valence-electron chi connectivity index (χ4n) is 2.57. The zero-order valence-electron chi connectivity index (χ0n) is 12.8. The summed E-state index contributed by atoms with van der Waals surface area (Å²) in [6.45, 7) is 14.4. The van der Waals surface area contributed by atoms with Gasteiger partial charge in [0.15, 0.2) is 0 Å². The molecule has 1 heterocycles. The van der Waals surface area contributed by atoms with Crippen molar-refractivity contribution >= 4 is 0 Å². The van der Waals surface area contributed by atoms with Gasteiger partial charge in [0.2, 0.25) is 0 Å². The molecule has 0 aliphatic carbocycles. The number of aromatic nitrogens is 2. The Kier molecular flexibility index (Phi) is 5.39. The summed E-state index contributed by atoms with van der Waals surface area (Å²) in [6, 6.07) is 3.17. The molecule has 0 radical (unpaired) electrons. The molecule has 0 aromatic carbocycles. The van der Waals surface area contributed by atoms with Crippen LogP contribution in [0, 0.1) is 5.41 Å². The van der Waals surface area contributed by atoms with Gasteiger partial charge >= 0.3 is 0 Å². The molecule has 1 atom stereocenters. The highest BCUT2D eigenvalue weighted by molar-refractivity contribution is 5.03. The maximum absolute atomic E-state index is 4.64. The van der Waals surface area contributed by atoms with Gasteiger partial charge in [-0.05, 0) is 51.6 Å². The van der Waals surface area contributed by atoms with E-state index in [-0.39, 0.29) is 5.41 Å². The second kappa shape index (κ2) is 6.37. The highest BCUT2D eigenvalue weighted by atomic mass is 15.3. The largest absolute Gasteiger partial charge is 0.315 e. The highest BCUT2D eigenvalue weighted by Gasteiger charge is 2.22. The summed E-state index contributed by atoms with van der Waals surface area (Å²) in [7, 11) is 0. The summed E-state index contributed by atoms with van der Waals surface area (Å²) in [4.78, 5) is 0. The first kappa shape index (κ1) is 15.2. The number of nitrogens with zero attached hydrogens (tertiary/aromatic N) is 2. The van der Waals surface area contributed by atoms with Gasteiger partial charge in [0.1, 0.15) is 0 Å². The summed E-state index contributed by atoms with van der Waals surface area (Å²) in [6.07, 6.45) is 4.31. The van der Waals surface area contributed by atoms with Crippen molar-refractivity contribution in [3.8, 4) is 0 Å². The molecule has 0 fully saturated rings. The van der Waals surface area contributed by atoms with E-state index in [0.29, 0.717) is 12.1 Å². The van der Waals surface area contributed by atoms with Crippen LogP contribution in [0.2, 0.25) is 0 Å². The molecule has 1 unspecified atom stereocenters. The van der Waals surface area contributed by atoms with Crippen LogP contribution in [-0.2, 0) is 6.42 Å². The Balaban J connectivity index is 2.58. The van der Waals surface area contributed by atoms with E-state index in [1.807, 2.05) is 4.68 Å². The van der Waals surface area contributed by atoms with E-state index in [2.05, 4.69) is 64.2 Å². The third-order valence-electron chi connectivity index (χ3n) is 3.26. The second-order valence-electron chi connectivity index (χ2n) is 6.38. The number of rotatable bonds is 7. The molecule has 0 aliphatic rings. The third kappa shape index (κ3) is 4.81. The SMILES string of the molecule is CCNC(C)CC(C)(C)Cc1ccn(C(C)C)n1. The molecule has 0 bridgehead atoms. The monoisotopic (exact) mass is 251 g/mol. The van der Waals surface area contributed by atoms with Crippen molar-refractivity contribution in [1.82, 2.24) is 15.1 Å². The third-order valence-corrected chi connectivity index (χ3v) is 3.26. The van der Waals surface area contributed by atoms with Crippen LogP contribution in [-0.4, -0.2) is 22.4 Å². The molecule has 1 aromatic rings. The van der Waals surface area contributed by atoms with E-state index in [1.165, 1.54) is 12.1 Å². The Morgan fingerprint density at radius 1 is 1.33 bits per heavy atom. The van der Waals surface area contributed by atoms with Gasteiger partial charge in [-0.1, -0.05) is 20.8 Å².